The van der Waals surface area contributed by atoms with Crippen molar-refractivity contribution < 1.29 is 37.1 Å². The standard InChI is InChI=1S/C6HF5O.C3H8O.Cl2HOP/c7-1-2(8)4(10)6(12)5(11)3(1)9;1-3(2)4;1-4(2)3/h12H;3-4H,1-2H3;3H. The zero-order chi connectivity index (χ0) is 16.6. The van der Waals surface area contributed by atoms with Crippen LogP contribution < -0.4 is 0 Å². The van der Waals surface area contributed by atoms with Crippen LogP contribution in [0.2, 0.25) is 0 Å². The Kier molecular flexibility index (Phi) is 11.3. The van der Waals surface area contributed by atoms with E-state index in [0.29, 0.717) is 0 Å². The van der Waals surface area contributed by atoms with Gasteiger partial charge in [0.15, 0.2) is 5.75 Å². The minimum Gasteiger partial charge on any atom is -0.503 e. The van der Waals surface area contributed by atoms with Gasteiger partial charge in [0.25, 0.3) is 0 Å². The molecule has 0 saturated carbocycles. The Morgan fingerprint density at radius 3 is 1.20 bits per heavy atom. The molecule has 1 aromatic rings. The molecule has 0 aliphatic rings. The zero-order valence-electron chi connectivity index (χ0n) is 10.0. The molecule has 0 saturated heterocycles. The molecule has 0 aliphatic heterocycles. The molecule has 0 fully saturated rings. The molecule has 0 atom stereocenters. The van der Waals surface area contributed by atoms with Crippen molar-refractivity contribution in [3.63, 3.8) is 0 Å². The lowest BCUT2D eigenvalue weighted by Crippen LogP contribution is -2.00. The van der Waals surface area contributed by atoms with Crippen LogP contribution in [0.5, 0.6) is 5.75 Å². The van der Waals surface area contributed by atoms with E-state index in [9.17, 15) is 22.0 Å². The van der Waals surface area contributed by atoms with Crippen LogP contribution in [0.3, 0.4) is 0 Å². The maximum Gasteiger partial charge on any atom is 0.222 e. The molecule has 1 aromatic carbocycles. The zero-order valence-corrected chi connectivity index (χ0v) is 12.4. The minimum atomic E-state index is -2.29. The number of rotatable bonds is 0. The summed E-state index contributed by atoms with van der Waals surface area (Å²) in [4.78, 5) is 7.65. The van der Waals surface area contributed by atoms with Gasteiger partial charge >= 0.3 is 0 Å². The van der Waals surface area contributed by atoms with E-state index >= 15 is 0 Å². The summed E-state index contributed by atoms with van der Waals surface area (Å²) in [7, 11) is 0. The van der Waals surface area contributed by atoms with Crippen molar-refractivity contribution in [1.82, 2.24) is 0 Å². The summed E-state index contributed by atoms with van der Waals surface area (Å²) in [6.45, 7) is 1.77. The summed E-state index contributed by atoms with van der Waals surface area (Å²) in [6.07, 6.45) is -0.167. The average Bonchev–Trinajstić information content (AvgIpc) is 2.30. The van der Waals surface area contributed by atoms with E-state index in [1.165, 1.54) is 0 Å². The van der Waals surface area contributed by atoms with Gasteiger partial charge in [-0.15, -0.1) is 0 Å². The van der Waals surface area contributed by atoms with Gasteiger partial charge in [0, 0.05) is 6.10 Å². The summed E-state index contributed by atoms with van der Waals surface area (Å²) in [5, 5.41) is 16.4. The van der Waals surface area contributed by atoms with Crippen molar-refractivity contribution in [2.24, 2.45) is 0 Å². The highest BCUT2D eigenvalue weighted by molar-refractivity contribution is 7.99. The van der Waals surface area contributed by atoms with Crippen molar-refractivity contribution in [2.75, 3.05) is 0 Å². The second kappa shape index (κ2) is 10.3. The predicted octanol–water partition coefficient (Wildman–Crippen LogP) is 4.16. The molecule has 118 valence electrons. The van der Waals surface area contributed by atoms with Gasteiger partial charge in [0.2, 0.25) is 35.9 Å². The molecule has 0 unspecified atom stereocenters. The van der Waals surface area contributed by atoms with E-state index in [1.54, 1.807) is 13.8 Å². The number of phenols is 1. The first-order valence-electron chi connectivity index (χ1n) is 4.62. The Balaban J connectivity index is 0. The molecule has 1 rings (SSSR count). The maximum absolute atomic E-state index is 12.2. The first kappa shape index (κ1) is 21.9. The fraction of sp³-hybridized carbons (Fsp3) is 0.333. The summed E-state index contributed by atoms with van der Waals surface area (Å²) < 4.78 is 60.6. The predicted molar refractivity (Wildman–Crippen MR) is 66.1 cm³/mol. The lowest BCUT2D eigenvalue weighted by Gasteiger charge is -2.00. The molecule has 0 aliphatic carbocycles. The number of hydrogen-bond donors (Lipinski definition) is 3. The van der Waals surface area contributed by atoms with Crippen LogP contribution >= 0.6 is 29.3 Å². The highest BCUT2D eigenvalue weighted by Crippen LogP contribution is 2.40. The van der Waals surface area contributed by atoms with E-state index in [0.717, 1.165) is 0 Å². The Bertz CT molecular complexity index is 318. The second-order valence-electron chi connectivity index (χ2n) is 3.23. The van der Waals surface area contributed by atoms with Crippen molar-refractivity contribution in [1.29, 1.82) is 0 Å². The van der Waals surface area contributed by atoms with Crippen molar-refractivity contribution >= 4 is 29.3 Å². The minimum absolute atomic E-state index is 0.167. The number of aromatic hydroxyl groups is 1. The van der Waals surface area contributed by atoms with Crippen molar-refractivity contribution in [3.8, 4) is 5.75 Å². The number of aliphatic hydroxyl groups is 1. The third-order valence-corrected chi connectivity index (χ3v) is 1.19. The molecule has 0 radical (unpaired) electrons. The van der Waals surface area contributed by atoms with E-state index in [4.69, 9.17) is 15.1 Å². The number of phenolic OH excluding ortho intramolecular Hbond substituents is 1. The van der Waals surface area contributed by atoms with Crippen LogP contribution in [0.15, 0.2) is 0 Å². The lowest BCUT2D eigenvalue weighted by molar-refractivity contribution is 0.216. The van der Waals surface area contributed by atoms with E-state index < -0.39 is 41.7 Å². The van der Waals surface area contributed by atoms with Crippen LogP contribution in [0.1, 0.15) is 13.8 Å². The van der Waals surface area contributed by atoms with Gasteiger partial charge in [0.05, 0.1) is 0 Å². The van der Waals surface area contributed by atoms with E-state index in [-0.39, 0.29) is 6.10 Å². The quantitative estimate of drug-likeness (QED) is 0.281. The number of hydrogen-bond acceptors (Lipinski definition) is 3. The van der Waals surface area contributed by atoms with E-state index in [2.05, 4.69) is 22.5 Å². The SMILES string of the molecule is CC(C)O.OP(Cl)Cl.Oc1c(F)c(F)c(F)c(F)c1F. The molecule has 20 heavy (non-hydrogen) atoms. The fourth-order valence-corrected chi connectivity index (χ4v) is 0.593. The van der Waals surface area contributed by atoms with Crippen LogP contribution in [0.4, 0.5) is 22.0 Å². The largest absolute Gasteiger partial charge is 0.503 e. The second-order valence-corrected chi connectivity index (χ2v) is 6.10. The Labute approximate surface area is 122 Å². The summed E-state index contributed by atoms with van der Waals surface area (Å²) >= 11 is 9.32. The van der Waals surface area contributed by atoms with Crippen molar-refractivity contribution in [2.45, 2.75) is 20.0 Å². The van der Waals surface area contributed by atoms with Gasteiger partial charge < -0.3 is 15.1 Å². The molecular weight excluding hydrogens is 353 g/mol. The summed E-state index contributed by atoms with van der Waals surface area (Å²) in [6, 6.07) is 0. The van der Waals surface area contributed by atoms with Gasteiger partial charge in [-0.2, -0.15) is 8.78 Å². The van der Waals surface area contributed by atoms with Crippen LogP contribution in [-0.4, -0.2) is 21.2 Å². The van der Waals surface area contributed by atoms with Gasteiger partial charge in [-0.05, 0) is 36.3 Å². The number of aliphatic hydroxyl groups excluding tert-OH is 1. The van der Waals surface area contributed by atoms with Crippen LogP contribution in [-0.2, 0) is 0 Å². The first-order valence-corrected chi connectivity index (χ1v) is 7.72. The van der Waals surface area contributed by atoms with Gasteiger partial charge in [-0.25, -0.2) is 13.2 Å². The third kappa shape index (κ3) is 8.71. The smallest absolute Gasteiger partial charge is 0.222 e. The van der Waals surface area contributed by atoms with Crippen molar-refractivity contribution in [3.05, 3.63) is 29.1 Å². The Hall–Kier alpha value is -0.400. The summed E-state index contributed by atoms with van der Waals surface area (Å²) in [5.74, 6) is -12.9. The highest BCUT2D eigenvalue weighted by Gasteiger charge is 2.24. The monoisotopic (exact) mass is 362 g/mol. The maximum atomic E-state index is 12.2. The Morgan fingerprint density at radius 1 is 0.850 bits per heavy atom. The molecule has 0 aromatic heterocycles. The number of benzene rings is 1. The van der Waals surface area contributed by atoms with Gasteiger partial charge in [-0.3, -0.25) is 0 Å². The third-order valence-electron chi connectivity index (χ3n) is 1.19. The molecule has 0 bridgehead atoms. The van der Waals surface area contributed by atoms with Crippen LogP contribution in [0.25, 0.3) is 0 Å². The topological polar surface area (TPSA) is 60.7 Å². The lowest BCUT2D eigenvalue weighted by atomic mass is 10.3. The normalized spacial score (nSPS) is 9.85. The Morgan fingerprint density at radius 2 is 1.00 bits per heavy atom. The van der Waals surface area contributed by atoms with E-state index in [1.807, 2.05) is 0 Å². The molecule has 0 amide bonds. The molecule has 3 nitrogen and oxygen atoms in total. The number of halogens is 7. The average molecular weight is 363 g/mol. The first-order chi connectivity index (χ1) is 8.93. The molecule has 0 spiro atoms. The highest BCUT2D eigenvalue weighted by atomic mass is 35.9. The summed E-state index contributed by atoms with van der Waals surface area (Å²) in [5.41, 5.74) is 0. The van der Waals surface area contributed by atoms with Gasteiger partial charge in [-0.1, -0.05) is 0 Å². The van der Waals surface area contributed by atoms with Crippen LogP contribution in [0, 0.1) is 29.1 Å². The van der Waals surface area contributed by atoms with Gasteiger partial charge in [0.1, 0.15) is 0 Å². The molecule has 0 heterocycles. The molecular formula is C9H10Cl2F5O3P. The fourth-order valence-electron chi connectivity index (χ4n) is 0.593. The molecule has 3 N–H and O–H groups in total. The molecule has 11 heteroatoms.